The van der Waals surface area contributed by atoms with Crippen molar-refractivity contribution in [3.05, 3.63) is 70.3 Å². The highest BCUT2D eigenvalue weighted by atomic mass is 19.1. The molecule has 2 aromatic carbocycles. The normalized spacial score (nSPS) is 25.4. The Kier molecular flexibility index (Phi) is 6.19. The molecule has 4 aliphatic rings. The Morgan fingerprint density at radius 2 is 1.67 bits per heavy atom. The van der Waals surface area contributed by atoms with Crippen LogP contribution < -0.4 is 21.9 Å². The van der Waals surface area contributed by atoms with Crippen LogP contribution in [0.2, 0.25) is 0 Å². The quantitative estimate of drug-likeness (QED) is 0.371. The maximum absolute atomic E-state index is 14.6. The zero-order chi connectivity index (χ0) is 29.3. The first-order valence-electron chi connectivity index (χ1n) is 14.6. The minimum atomic E-state index is -0.988. The lowest BCUT2D eigenvalue weighted by molar-refractivity contribution is 0.0637. The number of anilines is 1. The topological polar surface area (TPSA) is 125 Å². The Morgan fingerprint density at radius 3 is 2.29 bits per heavy atom. The summed E-state index contributed by atoms with van der Waals surface area (Å²) in [4.78, 5) is 28.3. The van der Waals surface area contributed by atoms with Crippen LogP contribution in [0.4, 0.5) is 14.5 Å². The third-order valence-electron chi connectivity index (χ3n) is 9.79. The van der Waals surface area contributed by atoms with Crippen LogP contribution >= 0.6 is 0 Å². The van der Waals surface area contributed by atoms with E-state index >= 15 is 0 Å². The van der Waals surface area contributed by atoms with E-state index in [2.05, 4.69) is 27.8 Å². The van der Waals surface area contributed by atoms with E-state index in [4.69, 9.17) is 16.6 Å². The van der Waals surface area contributed by atoms with Gasteiger partial charge in [0, 0.05) is 47.9 Å². The molecule has 2 atom stereocenters. The van der Waals surface area contributed by atoms with Gasteiger partial charge in [0.2, 0.25) is 0 Å². The molecule has 3 aliphatic carbocycles. The number of rotatable bonds is 5. The monoisotopic (exact) mass is 573 g/mol. The summed E-state index contributed by atoms with van der Waals surface area (Å²) in [5, 5.41) is 10.1. The molecule has 4 N–H and O–H groups in total. The predicted molar refractivity (Wildman–Crippen MR) is 156 cm³/mol. The number of primary amides is 1. The van der Waals surface area contributed by atoms with Crippen molar-refractivity contribution in [1.29, 1.82) is 0 Å². The molecule has 8 rings (SSSR count). The Bertz CT molecular complexity index is 1750. The molecule has 218 valence electrons. The van der Waals surface area contributed by atoms with E-state index in [0.717, 1.165) is 53.9 Å². The average Bonchev–Trinajstić information content (AvgIpc) is 3.57. The van der Waals surface area contributed by atoms with Crippen molar-refractivity contribution in [2.75, 3.05) is 18.0 Å². The number of carbonyl (C=O) groups is 1. The SMILES string of the molecule is C[C@@H]1CN(c2c(-c3cc(=O)n(-c4c(F)cccc4F)nc3C(N)=O)ccc3nn(C45CCC(CC4)CC5)cc23)C[C@@H]1N. The van der Waals surface area contributed by atoms with Crippen LogP contribution in [0.15, 0.2) is 47.4 Å². The first-order valence-corrected chi connectivity index (χ1v) is 14.6. The smallest absolute Gasteiger partial charge is 0.272 e. The first kappa shape index (κ1) is 26.8. The van der Waals surface area contributed by atoms with Gasteiger partial charge < -0.3 is 16.4 Å². The second-order valence-corrected chi connectivity index (χ2v) is 12.3. The van der Waals surface area contributed by atoms with E-state index in [1.165, 1.54) is 31.4 Å². The molecule has 11 heteroatoms. The van der Waals surface area contributed by atoms with Gasteiger partial charge in [-0.15, -0.1) is 0 Å². The van der Waals surface area contributed by atoms with Crippen molar-refractivity contribution < 1.29 is 13.6 Å². The van der Waals surface area contributed by atoms with Gasteiger partial charge in [0.25, 0.3) is 11.5 Å². The summed E-state index contributed by atoms with van der Waals surface area (Å²) in [5.74, 6) is -1.88. The summed E-state index contributed by atoms with van der Waals surface area (Å²) in [6, 6.07) is 8.02. The molecule has 0 radical (unpaired) electrons. The fourth-order valence-electron chi connectivity index (χ4n) is 7.32. The second kappa shape index (κ2) is 9.72. The molecule has 2 aromatic heterocycles. The number of carbonyl (C=O) groups excluding carboxylic acids is 1. The third-order valence-corrected chi connectivity index (χ3v) is 9.79. The lowest BCUT2D eigenvalue weighted by Gasteiger charge is -2.46. The van der Waals surface area contributed by atoms with Crippen LogP contribution in [-0.2, 0) is 5.54 Å². The number of nitrogens with zero attached hydrogens (tertiary/aromatic N) is 5. The molecular weight excluding hydrogens is 540 g/mol. The number of benzene rings is 2. The summed E-state index contributed by atoms with van der Waals surface area (Å²) >= 11 is 0. The Balaban J connectivity index is 1.45. The third kappa shape index (κ3) is 4.12. The molecule has 3 saturated carbocycles. The number of nitrogens with two attached hydrogens (primary N) is 2. The zero-order valence-electron chi connectivity index (χ0n) is 23.4. The number of hydrogen-bond acceptors (Lipinski definition) is 6. The highest BCUT2D eigenvalue weighted by Crippen LogP contribution is 2.49. The van der Waals surface area contributed by atoms with E-state index in [-0.39, 0.29) is 28.8 Å². The standard InChI is InChI=1S/C31H33F2N7O2/c1-17-14-38(16-24(17)34)28-19(5-6-25-21(28)15-39(36-25)31-10-7-18(8-11-31)9-12-31)20-13-26(41)40(37-27(20)30(35)42)29-22(32)3-2-4-23(29)33/h2-6,13,15,17-18,24H,7-12,14,16,34H2,1H3,(H2,35,42)/t17-,18?,24+,31?/m1/s1. The molecule has 9 nitrogen and oxygen atoms in total. The first-order chi connectivity index (χ1) is 20.1. The van der Waals surface area contributed by atoms with Crippen LogP contribution in [-0.4, -0.2) is 44.6 Å². The largest absolute Gasteiger partial charge is 0.369 e. The minimum absolute atomic E-state index is 0.00977. The van der Waals surface area contributed by atoms with Gasteiger partial charge >= 0.3 is 0 Å². The van der Waals surface area contributed by atoms with E-state index in [1.807, 2.05) is 12.1 Å². The second-order valence-electron chi connectivity index (χ2n) is 12.3. The van der Waals surface area contributed by atoms with Crippen molar-refractivity contribution in [3.8, 4) is 16.8 Å². The molecule has 1 saturated heterocycles. The molecule has 1 amide bonds. The highest BCUT2D eigenvalue weighted by molar-refractivity contribution is 6.05. The van der Waals surface area contributed by atoms with Crippen molar-refractivity contribution in [2.24, 2.45) is 23.3 Å². The molecule has 4 aromatic rings. The van der Waals surface area contributed by atoms with Crippen LogP contribution in [0.1, 0.15) is 55.9 Å². The Hall–Kier alpha value is -4.12. The van der Waals surface area contributed by atoms with Gasteiger partial charge in [-0.3, -0.25) is 14.3 Å². The maximum atomic E-state index is 14.6. The molecule has 0 unspecified atom stereocenters. The van der Waals surface area contributed by atoms with E-state index in [9.17, 15) is 18.4 Å². The number of para-hydroxylation sites is 1. The molecular formula is C31H33F2N7O2. The summed E-state index contributed by atoms with van der Waals surface area (Å²) < 4.78 is 31.9. The Labute approximate surface area is 241 Å². The van der Waals surface area contributed by atoms with E-state index in [0.29, 0.717) is 23.3 Å². The van der Waals surface area contributed by atoms with Crippen LogP contribution in [0.3, 0.4) is 0 Å². The van der Waals surface area contributed by atoms with Gasteiger partial charge in [-0.05, 0) is 74.6 Å². The zero-order valence-corrected chi connectivity index (χ0v) is 23.4. The van der Waals surface area contributed by atoms with Gasteiger partial charge in [0.05, 0.1) is 16.7 Å². The molecule has 42 heavy (non-hydrogen) atoms. The Morgan fingerprint density at radius 1 is 0.976 bits per heavy atom. The fourth-order valence-corrected chi connectivity index (χ4v) is 7.32. The van der Waals surface area contributed by atoms with Gasteiger partial charge in [-0.2, -0.15) is 14.9 Å². The molecule has 2 bridgehead atoms. The fraction of sp³-hybridized carbons (Fsp3) is 0.419. The van der Waals surface area contributed by atoms with E-state index in [1.54, 1.807) is 0 Å². The summed E-state index contributed by atoms with van der Waals surface area (Å²) in [6.45, 7) is 3.33. The molecule has 3 heterocycles. The van der Waals surface area contributed by atoms with Crippen molar-refractivity contribution in [3.63, 3.8) is 0 Å². The van der Waals surface area contributed by atoms with Crippen molar-refractivity contribution in [1.82, 2.24) is 19.6 Å². The number of fused-ring (bicyclic) bond motifs is 4. The van der Waals surface area contributed by atoms with Crippen LogP contribution in [0.25, 0.3) is 27.7 Å². The van der Waals surface area contributed by atoms with Crippen molar-refractivity contribution in [2.45, 2.75) is 57.0 Å². The lowest BCUT2D eigenvalue weighted by Crippen LogP contribution is -2.42. The lowest BCUT2D eigenvalue weighted by atomic mass is 9.66. The predicted octanol–water partition coefficient (Wildman–Crippen LogP) is 4.09. The van der Waals surface area contributed by atoms with Gasteiger partial charge in [-0.1, -0.05) is 13.0 Å². The number of hydrogen-bond donors (Lipinski definition) is 2. The summed E-state index contributed by atoms with van der Waals surface area (Å²) in [7, 11) is 0. The minimum Gasteiger partial charge on any atom is -0.369 e. The highest BCUT2D eigenvalue weighted by Gasteiger charge is 2.43. The van der Waals surface area contributed by atoms with Gasteiger partial charge in [-0.25, -0.2) is 8.78 Å². The molecule has 1 aliphatic heterocycles. The number of amides is 1. The average molecular weight is 574 g/mol. The van der Waals surface area contributed by atoms with Gasteiger partial charge in [0.15, 0.2) is 17.3 Å². The van der Waals surface area contributed by atoms with Crippen LogP contribution in [0, 0.1) is 23.5 Å². The van der Waals surface area contributed by atoms with Crippen LogP contribution in [0.5, 0.6) is 0 Å². The molecule has 0 spiro atoms. The van der Waals surface area contributed by atoms with E-state index < -0.39 is 28.8 Å². The maximum Gasteiger partial charge on any atom is 0.272 e. The number of aromatic nitrogens is 4. The van der Waals surface area contributed by atoms with Gasteiger partial charge in [0.1, 0.15) is 5.69 Å². The summed E-state index contributed by atoms with van der Waals surface area (Å²) in [5.41, 5.74) is 12.8. The van der Waals surface area contributed by atoms with Crippen molar-refractivity contribution >= 4 is 22.5 Å². The summed E-state index contributed by atoms with van der Waals surface area (Å²) in [6.07, 6.45) is 9.01. The number of halogens is 2. The molecule has 4 fully saturated rings.